The van der Waals surface area contributed by atoms with Crippen LogP contribution in [-0.4, -0.2) is 29.7 Å². The standard InChI is InChI=1S/C25H25BrINO4S/c1-31-21-12-18(11-20(26)23(21)32-15-17-7-9-19(27)10-8-17)13-22-24(29)28(25(30)33-22)14-16-5-3-2-4-6-16/h7-13,16H,2-6,14-15H2,1H3/b22-13+. The molecule has 4 rings (SSSR count). The summed E-state index contributed by atoms with van der Waals surface area (Å²) in [6, 6.07) is 11.8. The number of thioether (sulfide) groups is 1. The molecule has 33 heavy (non-hydrogen) atoms. The monoisotopic (exact) mass is 641 g/mol. The second kappa shape index (κ2) is 11.3. The van der Waals surface area contributed by atoms with Gasteiger partial charge in [0.15, 0.2) is 11.5 Å². The van der Waals surface area contributed by atoms with E-state index in [1.54, 1.807) is 13.2 Å². The van der Waals surface area contributed by atoms with Crippen molar-refractivity contribution >= 4 is 67.5 Å². The molecule has 2 amide bonds. The van der Waals surface area contributed by atoms with Crippen LogP contribution in [0.25, 0.3) is 6.08 Å². The summed E-state index contributed by atoms with van der Waals surface area (Å²) in [7, 11) is 1.58. The molecule has 1 aliphatic heterocycles. The van der Waals surface area contributed by atoms with Crippen LogP contribution in [0.1, 0.15) is 43.2 Å². The SMILES string of the molecule is COc1cc(/C=C2/SC(=O)N(CC3CCCCC3)C2=O)cc(Br)c1OCc1ccc(I)cc1. The second-order valence-corrected chi connectivity index (χ2v) is 11.3. The van der Waals surface area contributed by atoms with Crippen LogP contribution in [0.3, 0.4) is 0 Å². The summed E-state index contributed by atoms with van der Waals surface area (Å²) in [5, 5.41) is -0.180. The maximum absolute atomic E-state index is 12.9. The lowest BCUT2D eigenvalue weighted by molar-refractivity contribution is -0.123. The van der Waals surface area contributed by atoms with Gasteiger partial charge in [0.2, 0.25) is 0 Å². The van der Waals surface area contributed by atoms with Gasteiger partial charge in [0.05, 0.1) is 16.5 Å². The van der Waals surface area contributed by atoms with Crippen LogP contribution in [0.5, 0.6) is 11.5 Å². The fraction of sp³-hybridized carbons (Fsp3) is 0.360. The van der Waals surface area contributed by atoms with Crippen LogP contribution >= 0.6 is 50.3 Å². The molecule has 2 aromatic rings. The molecule has 174 valence electrons. The summed E-state index contributed by atoms with van der Waals surface area (Å²) >= 11 is 6.85. The summed E-state index contributed by atoms with van der Waals surface area (Å²) in [6.07, 6.45) is 7.55. The van der Waals surface area contributed by atoms with Gasteiger partial charge < -0.3 is 9.47 Å². The van der Waals surface area contributed by atoms with E-state index in [9.17, 15) is 9.59 Å². The largest absolute Gasteiger partial charge is 0.493 e. The Morgan fingerprint density at radius 3 is 2.58 bits per heavy atom. The van der Waals surface area contributed by atoms with Crippen LogP contribution in [-0.2, 0) is 11.4 Å². The first-order valence-electron chi connectivity index (χ1n) is 10.9. The number of nitrogens with zero attached hydrogens (tertiary/aromatic N) is 1. The molecule has 0 unspecified atom stereocenters. The lowest BCUT2D eigenvalue weighted by Gasteiger charge is -2.25. The zero-order chi connectivity index (χ0) is 23.4. The number of ether oxygens (including phenoxy) is 2. The lowest BCUT2D eigenvalue weighted by atomic mass is 9.89. The van der Waals surface area contributed by atoms with Crippen LogP contribution in [0, 0.1) is 9.49 Å². The fourth-order valence-electron chi connectivity index (χ4n) is 4.14. The third-order valence-corrected chi connectivity index (χ3v) is 8.10. The third-order valence-electron chi connectivity index (χ3n) is 5.89. The van der Waals surface area contributed by atoms with Gasteiger partial charge >= 0.3 is 0 Å². The first kappa shape index (κ1) is 24.6. The van der Waals surface area contributed by atoms with E-state index in [0.717, 1.165) is 40.2 Å². The number of hydrogen-bond acceptors (Lipinski definition) is 5. The average Bonchev–Trinajstić information content (AvgIpc) is 3.07. The Hall–Kier alpha value is -1.52. The summed E-state index contributed by atoms with van der Waals surface area (Å²) in [5.41, 5.74) is 1.82. The molecule has 2 aromatic carbocycles. The smallest absolute Gasteiger partial charge is 0.293 e. The molecular weight excluding hydrogens is 617 g/mol. The van der Waals surface area contributed by atoms with Gasteiger partial charge in [0.25, 0.3) is 11.1 Å². The van der Waals surface area contributed by atoms with Crippen LogP contribution in [0.15, 0.2) is 45.8 Å². The normalized spacial score (nSPS) is 18.3. The maximum Gasteiger partial charge on any atom is 0.293 e. The van der Waals surface area contributed by atoms with Gasteiger partial charge in [0.1, 0.15) is 6.61 Å². The van der Waals surface area contributed by atoms with Crippen molar-refractivity contribution in [2.24, 2.45) is 5.92 Å². The molecule has 0 spiro atoms. The first-order chi connectivity index (χ1) is 15.9. The van der Waals surface area contributed by atoms with Gasteiger partial charge in [-0.25, -0.2) is 0 Å². The number of hydrogen-bond donors (Lipinski definition) is 0. The zero-order valence-corrected chi connectivity index (χ0v) is 22.9. The summed E-state index contributed by atoms with van der Waals surface area (Å²) < 4.78 is 13.5. The van der Waals surface area contributed by atoms with Gasteiger partial charge in [-0.05, 0) is 111 Å². The summed E-state index contributed by atoms with van der Waals surface area (Å²) in [4.78, 5) is 27.3. The number of benzene rings is 2. The van der Waals surface area contributed by atoms with Crippen molar-refractivity contribution in [1.82, 2.24) is 4.90 Å². The van der Waals surface area contributed by atoms with E-state index in [1.165, 1.54) is 27.7 Å². The highest BCUT2D eigenvalue weighted by Crippen LogP contribution is 2.40. The lowest BCUT2D eigenvalue weighted by Crippen LogP contribution is -2.34. The molecule has 2 fully saturated rings. The van der Waals surface area contributed by atoms with Crippen molar-refractivity contribution in [2.75, 3.05) is 13.7 Å². The van der Waals surface area contributed by atoms with E-state index in [4.69, 9.17) is 9.47 Å². The molecule has 0 aromatic heterocycles. The Bertz CT molecular complexity index is 1070. The number of rotatable bonds is 7. The van der Waals surface area contributed by atoms with E-state index in [-0.39, 0.29) is 11.1 Å². The average molecular weight is 642 g/mol. The number of halogens is 2. The van der Waals surface area contributed by atoms with E-state index in [0.29, 0.717) is 35.5 Å². The predicted molar refractivity (Wildman–Crippen MR) is 143 cm³/mol. The molecule has 0 atom stereocenters. The van der Waals surface area contributed by atoms with Crippen molar-refractivity contribution in [3.05, 3.63) is 60.5 Å². The molecule has 1 saturated carbocycles. The van der Waals surface area contributed by atoms with Crippen molar-refractivity contribution in [1.29, 1.82) is 0 Å². The number of imide groups is 1. The Kier molecular flexibility index (Phi) is 8.40. The minimum Gasteiger partial charge on any atom is -0.493 e. The van der Waals surface area contributed by atoms with E-state index in [2.05, 4.69) is 38.5 Å². The van der Waals surface area contributed by atoms with E-state index >= 15 is 0 Å². The molecule has 8 heteroatoms. The highest BCUT2D eigenvalue weighted by Gasteiger charge is 2.36. The Morgan fingerprint density at radius 1 is 1.15 bits per heavy atom. The number of carbonyl (C=O) groups excluding carboxylic acids is 2. The number of carbonyl (C=O) groups is 2. The molecule has 0 bridgehead atoms. The Balaban J connectivity index is 1.49. The van der Waals surface area contributed by atoms with Crippen molar-refractivity contribution in [3.63, 3.8) is 0 Å². The predicted octanol–water partition coefficient (Wildman–Crippen LogP) is 7.26. The quantitative estimate of drug-likeness (QED) is 0.235. The number of methoxy groups -OCH3 is 1. The van der Waals surface area contributed by atoms with Gasteiger partial charge in [0, 0.05) is 10.1 Å². The maximum atomic E-state index is 12.9. The molecule has 0 N–H and O–H groups in total. The van der Waals surface area contributed by atoms with Crippen molar-refractivity contribution in [3.8, 4) is 11.5 Å². The molecular formula is C25H25BrINO4S. The van der Waals surface area contributed by atoms with E-state index in [1.807, 2.05) is 36.4 Å². The van der Waals surface area contributed by atoms with Crippen LogP contribution < -0.4 is 9.47 Å². The molecule has 1 aliphatic carbocycles. The summed E-state index contributed by atoms with van der Waals surface area (Å²) in [6.45, 7) is 0.936. The van der Waals surface area contributed by atoms with Crippen LogP contribution in [0.2, 0.25) is 0 Å². The summed E-state index contributed by atoms with van der Waals surface area (Å²) in [5.74, 6) is 1.37. The first-order valence-corrected chi connectivity index (χ1v) is 13.6. The van der Waals surface area contributed by atoms with Crippen molar-refractivity contribution in [2.45, 2.75) is 38.7 Å². The Morgan fingerprint density at radius 2 is 1.88 bits per heavy atom. The molecule has 2 aliphatic rings. The van der Waals surface area contributed by atoms with Gasteiger partial charge in [-0.3, -0.25) is 14.5 Å². The molecule has 1 heterocycles. The fourth-order valence-corrected chi connectivity index (χ4v) is 5.92. The van der Waals surface area contributed by atoms with Gasteiger partial charge in [-0.1, -0.05) is 31.4 Å². The van der Waals surface area contributed by atoms with Gasteiger partial charge in [-0.2, -0.15) is 0 Å². The molecule has 1 saturated heterocycles. The van der Waals surface area contributed by atoms with Crippen LogP contribution in [0.4, 0.5) is 4.79 Å². The molecule has 5 nitrogen and oxygen atoms in total. The van der Waals surface area contributed by atoms with Gasteiger partial charge in [-0.15, -0.1) is 0 Å². The van der Waals surface area contributed by atoms with E-state index < -0.39 is 0 Å². The minimum absolute atomic E-state index is 0.180. The molecule has 0 radical (unpaired) electrons. The second-order valence-electron chi connectivity index (χ2n) is 8.25. The highest BCUT2D eigenvalue weighted by molar-refractivity contribution is 14.1. The third kappa shape index (κ3) is 6.14. The highest BCUT2D eigenvalue weighted by atomic mass is 127. The minimum atomic E-state index is -0.204. The topological polar surface area (TPSA) is 55.8 Å². The van der Waals surface area contributed by atoms with Crippen molar-refractivity contribution < 1.29 is 19.1 Å². The number of amides is 2. The zero-order valence-electron chi connectivity index (χ0n) is 18.3. The Labute approximate surface area is 220 Å².